The summed E-state index contributed by atoms with van der Waals surface area (Å²) in [6, 6.07) is 13.6. The van der Waals surface area contributed by atoms with Crippen LogP contribution in [0.15, 0.2) is 48.5 Å². The summed E-state index contributed by atoms with van der Waals surface area (Å²) in [6.45, 7) is 1.59. The third-order valence-corrected chi connectivity index (χ3v) is 4.38. The molecule has 2 aromatic rings. The van der Waals surface area contributed by atoms with E-state index in [0.717, 1.165) is 18.4 Å². The van der Waals surface area contributed by atoms with Crippen molar-refractivity contribution in [2.45, 2.75) is 25.6 Å². The Morgan fingerprint density at radius 3 is 2.88 bits per heavy atom. The molecule has 0 radical (unpaired) electrons. The van der Waals surface area contributed by atoms with Crippen LogP contribution in [-0.2, 0) is 11.3 Å². The Morgan fingerprint density at radius 2 is 2.08 bits per heavy atom. The molecule has 1 unspecified atom stereocenters. The first kappa shape index (κ1) is 17.4. The Balaban J connectivity index is 1.61. The molecule has 25 heavy (non-hydrogen) atoms. The Labute approximate surface area is 147 Å². The van der Waals surface area contributed by atoms with Crippen LogP contribution in [-0.4, -0.2) is 37.1 Å². The van der Waals surface area contributed by atoms with Crippen LogP contribution >= 0.6 is 0 Å². The number of benzene rings is 2. The third-order valence-electron chi connectivity index (χ3n) is 4.38. The highest BCUT2D eigenvalue weighted by molar-refractivity contribution is 5.97. The zero-order valence-corrected chi connectivity index (χ0v) is 14.3. The summed E-state index contributed by atoms with van der Waals surface area (Å²) in [5.41, 5.74) is 1.36. The molecule has 0 spiro atoms. The van der Waals surface area contributed by atoms with Gasteiger partial charge in [-0.15, -0.1) is 0 Å². The number of likely N-dealkylation sites (tertiary alicyclic amines) is 1. The van der Waals surface area contributed by atoms with Crippen molar-refractivity contribution >= 4 is 5.91 Å². The summed E-state index contributed by atoms with van der Waals surface area (Å²) in [7, 11) is 1.56. The maximum Gasteiger partial charge on any atom is 0.257 e. The van der Waals surface area contributed by atoms with Crippen molar-refractivity contribution in [2.75, 3.05) is 20.2 Å². The van der Waals surface area contributed by atoms with Crippen LogP contribution in [0.5, 0.6) is 5.75 Å². The molecule has 1 saturated heterocycles. The van der Waals surface area contributed by atoms with E-state index in [-0.39, 0.29) is 17.8 Å². The lowest BCUT2D eigenvalue weighted by atomic mass is 10.1. The summed E-state index contributed by atoms with van der Waals surface area (Å²) in [5.74, 6) is 0.268. The van der Waals surface area contributed by atoms with E-state index in [0.29, 0.717) is 31.0 Å². The lowest BCUT2D eigenvalue weighted by Gasteiger charge is -2.33. The first-order valence-electron chi connectivity index (χ1n) is 8.45. The zero-order valence-electron chi connectivity index (χ0n) is 14.3. The second-order valence-corrected chi connectivity index (χ2v) is 6.16. The second kappa shape index (κ2) is 8.12. The number of nitrogens with zero attached hydrogens (tertiary/aromatic N) is 1. The first-order chi connectivity index (χ1) is 12.2. The smallest absolute Gasteiger partial charge is 0.257 e. The fourth-order valence-corrected chi connectivity index (χ4v) is 3.09. The van der Waals surface area contributed by atoms with Gasteiger partial charge in [0, 0.05) is 13.1 Å². The number of carbonyl (C=O) groups excluding carboxylic acids is 1. The predicted octanol–water partition coefficient (Wildman–Crippen LogP) is 3.66. The van der Waals surface area contributed by atoms with E-state index in [9.17, 15) is 9.18 Å². The van der Waals surface area contributed by atoms with Gasteiger partial charge in [-0.3, -0.25) is 4.79 Å². The van der Waals surface area contributed by atoms with Gasteiger partial charge in [0.1, 0.15) is 11.6 Å². The zero-order chi connectivity index (χ0) is 17.6. The van der Waals surface area contributed by atoms with Gasteiger partial charge in [-0.2, -0.15) is 0 Å². The summed E-state index contributed by atoms with van der Waals surface area (Å²) in [4.78, 5) is 14.6. The van der Waals surface area contributed by atoms with E-state index in [1.807, 2.05) is 18.2 Å². The summed E-state index contributed by atoms with van der Waals surface area (Å²) in [6.07, 6.45) is 1.73. The maximum absolute atomic E-state index is 13.2. The van der Waals surface area contributed by atoms with Crippen molar-refractivity contribution in [1.82, 2.24) is 4.90 Å². The van der Waals surface area contributed by atoms with Crippen molar-refractivity contribution in [2.24, 2.45) is 0 Å². The number of hydrogen-bond acceptors (Lipinski definition) is 3. The molecule has 3 rings (SSSR count). The molecule has 1 heterocycles. The van der Waals surface area contributed by atoms with E-state index in [1.54, 1.807) is 30.2 Å². The topological polar surface area (TPSA) is 38.8 Å². The van der Waals surface area contributed by atoms with Crippen molar-refractivity contribution < 1.29 is 18.7 Å². The number of para-hydroxylation sites is 1. The van der Waals surface area contributed by atoms with E-state index in [2.05, 4.69) is 0 Å². The molecule has 1 amide bonds. The number of halogens is 1. The van der Waals surface area contributed by atoms with Gasteiger partial charge in [0.2, 0.25) is 0 Å². The molecule has 1 aliphatic rings. The molecule has 0 saturated carbocycles. The van der Waals surface area contributed by atoms with Gasteiger partial charge in [0.15, 0.2) is 0 Å². The normalized spacial score (nSPS) is 17.4. The Hall–Kier alpha value is -2.40. The SMILES string of the molecule is COc1ccccc1C(=O)N1CCCC(OCc2cccc(F)c2)C1. The van der Waals surface area contributed by atoms with Crippen LogP contribution in [0.25, 0.3) is 0 Å². The average molecular weight is 343 g/mol. The molecule has 4 nitrogen and oxygen atoms in total. The molecule has 1 fully saturated rings. The lowest BCUT2D eigenvalue weighted by molar-refractivity contribution is -0.00687. The molecular formula is C20H22FNO3. The van der Waals surface area contributed by atoms with Crippen LogP contribution in [0, 0.1) is 5.82 Å². The second-order valence-electron chi connectivity index (χ2n) is 6.16. The van der Waals surface area contributed by atoms with E-state index in [4.69, 9.17) is 9.47 Å². The van der Waals surface area contributed by atoms with Gasteiger partial charge in [-0.1, -0.05) is 24.3 Å². The molecule has 0 aromatic heterocycles. The highest BCUT2D eigenvalue weighted by Gasteiger charge is 2.26. The van der Waals surface area contributed by atoms with Crippen LogP contribution in [0.1, 0.15) is 28.8 Å². The van der Waals surface area contributed by atoms with Crippen molar-refractivity contribution in [1.29, 1.82) is 0 Å². The molecule has 0 N–H and O–H groups in total. The maximum atomic E-state index is 13.2. The minimum Gasteiger partial charge on any atom is -0.496 e. The van der Waals surface area contributed by atoms with Gasteiger partial charge in [-0.25, -0.2) is 4.39 Å². The number of piperidine rings is 1. The molecular weight excluding hydrogens is 321 g/mol. The van der Waals surface area contributed by atoms with Crippen molar-refractivity contribution in [3.8, 4) is 5.75 Å². The van der Waals surface area contributed by atoms with Crippen molar-refractivity contribution in [3.63, 3.8) is 0 Å². The Morgan fingerprint density at radius 1 is 1.24 bits per heavy atom. The van der Waals surface area contributed by atoms with Gasteiger partial charge < -0.3 is 14.4 Å². The van der Waals surface area contributed by atoms with Gasteiger partial charge in [0.05, 0.1) is 25.4 Å². The molecule has 0 bridgehead atoms. The standard InChI is InChI=1S/C20H22FNO3/c1-24-19-10-3-2-9-18(19)20(23)22-11-5-8-17(13-22)25-14-15-6-4-7-16(21)12-15/h2-4,6-7,9-10,12,17H,5,8,11,13-14H2,1H3. The van der Waals surface area contributed by atoms with Crippen LogP contribution in [0.4, 0.5) is 4.39 Å². The molecule has 1 atom stereocenters. The summed E-state index contributed by atoms with van der Waals surface area (Å²) >= 11 is 0. The van der Waals surface area contributed by atoms with E-state index >= 15 is 0 Å². The number of amides is 1. The van der Waals surface area contributed by atoms with E-state index < -0.39 is 0 Å². The number of carbonyl (C=O) groups is 1. The molecule has 5 heteroatoms. The molecule has 2 aromatic carbocycles. The average Bonchev–Trinajstić information content (AvgIpc) is 2.66. The Kier molecular flexibility index (Phi) is 5.66. The minimum atomic E-state index is -0.266. The minimum absolute atomic E-state index is 0.0449. The molecule has 132 valence electrons. The number of rotatable bonds is 5. The number of ether oxygens (including phenoxy) is 2. The predicted molar refractivity (Wildman–Crippen MR) is 93.1 cm³/mol. The van der Waals surface area contributed by atoms with Crippen LogP contribution in [0.3, 0.4) is 0 Å². The highest BCUT2D eigenvalue weighted by atomic mass is 19.1. The molecule has 0 aliphatic carbocycles. The largest absolute Gasteiger partial charge is 0.496 e. The number of hydrogen-bond donors (Lipinski definition) is 0. The first-order valence-corrected chi connectivity index (χ1v) is 8.45. The van der Waals surface area contributed by atoms with Gasteiger partial charge in [0.25, 0.3) is 5.91 Å². The molecule has 1 aliphatic heterocycles. The third kappa shape index (κ3) is 4.37. The van der Waals surface area contributed by atoms with Crippen LogP contribution in [0.2, 0.25) is 0 Å². The van der Waals surface area contributed by atoms with Crippen molar-refractivity contribution in [3.05, 3.63) is 65.5 Å². The highest BCUT2D eigenvalue weighted by Crippen LogP contribution is 2.22. The summed E-state index contributed by atoms with van der Waals surface area (Å²) < 4.78 is 24.4. The van der Waals surface area contributed by atoms with Crippen LogP contribution < -0.4 is 4.74 Å². The quantitative estimate of drug-likeness (QED) is 0.832. The fourth-order valence-electron chi connectivity index (χ4n) is 3.09. The van der Waals surface area contributed by atoms with E-state index in [1.165, 1.54) is 12.1 Å². The lowest BCUT2D eigenvalue weighted by Crippen LogP contribution is -2.43. The summed E-state index contributed by atoms with van der Waals surface area (Å²) in [5, 5.41) is 0. The Bertz CT molecular complexity index is 734. The number of methoxy groups -OCH3 is 1. The van der Waals surface area contributed by atoms with Gasteiger partial charge >= 0.3 is 0 Å². The monoisotopic (exact) mass is 343 g/mol. The fraction of sp³-hybridized carbons (Fsp3) is 0.350. The van der Waals surface area contributed by atoms with Gasteiger partial charge in [-0.05, 0) is 42.7 Å².